The van der Waals surface area contributed by atoms with E-state index in [1.54, 1.807) is 54.3 Å². The fourth-order valence-corrected chi connectivity index (χ4v) is 5.29. The number of pyridine rings is 1. The highest BCUT2D eigenvalue weighted by atomic mass is 16.4. The summed E-state index contributed by atoms with van der Waals surface area (Å²) in [7, 11) is 1.71. The average Bonchev–Trinajstić information content (AvgIpc) is 3.76. The number of benzene rings is 1. The van der Waals surface area contributed by atoms with Crippen molar-refractivity contribution in [3.05, 3.63) is 71.3 Å². The van der Waals surface area contributed by atoms with Gasteiger partial charge >= 0.3 is 5.97 Å². The lowest BCUT2D eigenvalue weighted by Crippen LogP contribution is -2.49. The number of piperazine rings is 1. The molecule has 0 radical (unpaired) electrons. The van der Waals surface area contributed by atoms with Crippen molar-refractivity contribution in [3.63, 3.8) is 0 Å². The standard InChI is InChI=1S/C32H39N7O5/c1-32(2,3)27-18-26(37(4)36-27)30(43)35-24-16-21(29(42)34-23(17-28(40)41)22-6-5-11-33-19-22)9-10-25(24)38-12-14-39(15-13-38)31(44)20-7-8-20/h5-6,9-11,16,18-20,23H,7-8,12-15,17H2,1-4H3,(H,34,42)(H,35,43)(H,40,41). The lowest BCUT2D eigenvalue weighted by Gasteiger charge is -2.37. The van der Waals surface area contributed by atoms with Crippen LogP contribution in [0.1, 0.15) is 78.2 Å². The Balaban J connectivity index is 1.42. The molecule has 12 heteroatoms. The van der Waals surface area contributed by atoms with E-state index in [0.717, 1.165) is 24.2 Å². The summed E-state index contributed by atoms with van der Waals surface area (Å²) in [6, 6.07) is 9.40. The first kappa shape index (κ1) is 30.7. The Morgan fingerprint density at radius 3 is 2.34 bits per heavy atom. The van der Waals surface area contributed by atoms with Crippen molar-refractivity contribution in [2.45, 2.75) is 51.5 Å². The van der Waals surface area contributed by atoms with E-state index >= 15 is 0 Å². The summed E-state index contributed by atoms with van der Waals surface area (Å²) in [6.07, 6.45) is 4.69. The molecular formula is C32H39N7O5. The maximum absolute atomic E-state index is 13.6. The van der Waals surface area contributed by atoms with Gasteiger partial charge in [0.1, 0.15) is 5.69 Å². The van der Waals surface area contributed by atoms with Gasteiger partial charge in [0.2, 0.25) is 5.91 Å². The fourth-order valence-electron chi connectivity index (χ4n) is 5.29. The largest absolute Gasteiger partial charge is 0.481 e. The van der Waals surface area contributed by atoms with Gasteiger partial charge in [-0.15, -0.1) is 0 Å². The molecule has 3 heterocycles. The third-order valence-electron chi connectivity index (χ3n) is 8.02. The van der Waals surface area contributed by atoms with Crippen LogP contribution in [0.4, 0.5) is 11.4 Å². The fraction of sp³-hybridized carbons (Fsp3) is 0.438. The number of hydrogen-bond acceptors (Lipinski definition) is 7. The molecule has 1 aliphatic carbocycles. The molecule has 12 nitrogen and oxygen atoms in total. The lowest BCUT2D eigenvalue weighted by atomic mass is 9.92. The van der Waals surface area contributed by atoms with Crippen LogP contribution < -0.4 is 15.5 Å². The number of hydrogen-bond donors (Lipinski definition) is 3. The van der Waals surface area contributed by atoms with Crippen molar-refractivity contribution in [1.29, 1.82) is 0 Å². The van der Waals surface area contributed by atoms with Crippen LogP contribution in [0, 0.1) is 5.92 Å². The second-order valence-corrected chi connectivity index (χ2v) is 12.5. The maximum Gasteiger partial charge on any atom is 0.305 e. The minimum atomic E-state index is -1.06. The van der Waals surface area contributed by atoms with Gasteiger partial charge in [-0.25, -0.2) is 0 Å². The number of carboxylic acids is 1. The van der Waals surface area contributed by atoms with Crippen LogP contribution in [0.5, 0.6) is 0 Å². The van der Waals surface area contributed by atoms with Crippen molar-refractivity contribution >= 4 is 35.1 Å². The first-order valence-electron chi connectivity index (χ1n) is 14.9. The average molecular weight is 602 g/mol. The summed E-state index contributed by atoms with van der Waals surface area (Å²) in [6.45, 7) is 8.37. The molecule has 3 amide bonds. The Kier molecular flexibility index (Phi) is 8.70. The van der Waals surface area contributed by atoms with Crippen LogP contribution in [0.3, 0.4) is 0 Å². The minimum Gasteiger partial charge on any atom is -0.481 e. The Morgan fingerprint density at radius 1 is 1.02 bits per heavy atom. The number of aromatic nitrogens is 3. The zero-order valence-corrected chi connectivity index (χ0v) is 25.5. The Morgan fingerprint density at radius 2 is 1.75 bits per heavy atom. The Labute approximate surface area is 256 Å². The van der Waals surface area contributed by atoms with E-state index in [2.05, 4.69) is 25.6 Å². The van der Waals surface area contributed by atoms with Crippen LogP contribution in [-0.2, 0) is 22.1 Å². The van der Waals surface area contributed by atoms with Crippen molar-refractivity contribution < 1.29 is 24.3 Å². The molecule has 0 spiro atoms. The molecule has 1 aliphatic heterocycles. The van der Waals surface area contributed by atoms with E-state index in [1.807, 2.05) is 25.7 Å². The second-order valence-electron chi connectivity index (χ2n) is 12.5. The number of carboxylic acid groups (broad SMARTS) is 1. The van der Waals surface area contributed by atoms with Gasteiger partial charge in [-0.05, 0) is 48.7 Å². The van der Waals surface area contributed by atoms with Gasteiger partial charge in [-0.1, -0.05) is 26.8 Å². The Bertz CT molecular complexity index is 1550. The first-order valence-corrected chi connectivity index (χ1v) is 14.9. The molecule has 44 heavy (non-hydrogen) atoms. The van der Waals surface area contributed by atoms with Crippen LogP contribution in [0.2, 0.25) is 0 Å². The number of anilines is 2. The zero-order chi connectivity index (χ0) is 31.6. The molecule has 1 aromatic carbocycles. The number of aryl methyl sites for hydroxylation is 1. The quantitative estimate of drug-likeness (QED) is 0.338. The molecule has 2 aliphatic rings. The number of aliphatic carboxylic acids is 1. The molecule has 1 saturated heterocycles. The van der Waals surface area contributed by atoms with E-state index in [1.165, 1.54) is 6.20 Å². The molecule has 232 valence electrons. The highest BCUT2D eigenvalue weighted by molar-refractivity contribution is 6.06. The molecule has 2 aromatic heterocycles. The van der Waals surface area contributed by atoms with Gasteiger partial charge in [0, 0.05) is 62.5 Å². The van der Waals surface area contributed by atoms with Crippen LogP contribution >= 0.6 is 0 Å². The molecule has 2 fully saturated rings. The molecule has 3 aromatic rings. The predicted octanol–water partition coefficient (Wildman–Crippen LogP) is 3.37. The third-order valence-corrected chi connectivity index (χ3v) is 8.02. The maximum atomic E-state index is 13.6. The van der Waals surface area contributed by atoms with E-state index in [4.69, 9.17) is 0 Å². The van der Waals surface area contributed by atoms with E-state index in [0.29, 0.717) is 43.1 Å². The number of nitrogens with zero attached hydrogens (tertiary/aromatic N) is 5. The van der Waals surface area contributed by atoms with Gasteiger partial charge in [-0.3, -0.25) is 28.8 Å². The summed E-state index contributed by atoms with van der Waals surface area (Å²) in [4.78, 5) is 59.3. The highest BCUT2D eigenvalue weighted by Crippen LogP contribution is 2.33. The third kappa shape index (κ3) is 7.07. The summed E-state index contributed by atoms with van der Waals surface area (Å²) in [5.41, 5.74) is 2.87. The number of rotatable bonds is 9. The number of carbonyl (C=O) groups is 4. The van der Waals surface area contributed by atoms with E-state index < -0.39 is 17.9 Å². The SMILES string of the molecule is Cn1nc(C(C)(C)C)cc1C(=O)Nc1cc(C(=O)NC(CC(=O)O)c2cccnc2)ccc1N1CCN(C(=O)C2CC2)CC1. The minimum absolute atomic E-state index is 0.155. The van der Waals surface area contributed by atoms with Crippen molar-refractivity contribution in [2.24, 2.45) is 13.0 Å². The zero-order valence-electron chi connectivity index (χ0n) is 25.5. The van der Waals surface area contributed by atoms with Crippen molar-refractivity contribution in [1.82, 2.24) is 25.0 Å². The molecular weight excluding hydrogens is 562 g/mol. The molecule has 3 N–H and O–H groups in total. The summed E-state index contributed by atoms with van der Waals surface area (Å²) < 4.78 is 1.54. The molecule has 1 unspecified atom stereocenters. The predicted molar refractivity (Wildman–Crippen MR) is 165 cm³/mol. The van der Waals surface area contributed by atoms with E-state index in [9.17, 15) is 24.3 Å². The topological polar surface area (TPSA) is 150 Å². The Hall–Kier alpha value is -4.74. The van der Waals surface area contributed by atoms with Gasteiger partial charge in [0.05, 0.1) is 29.5 Å². The molecule has 1 atom stereocenters. The molecule has 0 bridgehead atoms. The van der Waals surface area contributed by atoms with Gasteiger partial charge < -0.3 is 25.5 Å². The summed E-state index contributed by atoms with van der Waals surface area (Å²) in [5, 5.41) is 19.8. The smallest absolute Gasteiger partial charge is 0.305 e. The lowest BCUT2D eigenvalue weighted by molar-refractivity contribution is -0.137. The summed E-state index contributed by atoms with van der Waals surface area (Å²) >= 11 is 0. The first-order chi connectivity index (χ1) is 20.9. The second kappa shape index (κ2) is 12.5. The van der Waals surface area contributed by atoms with Crippen LogP contribution in [-0.4, -0.2) is 74.6 Å². The van der Waals surface area contributed by atoms with Crippen molar-refractivity contribution in [2.75, 3.05) is 36.4 Å². The summed E-state index contributed by atoms with van der Waals surface area (Å²) in [5.74, 6) is -1.57. The van der Waals surface area contributed by atoms with Gasteiger partial charge in [0.25, 0.3) is 11.8 Å². The van der Waals surface area contributed by atoms with Crippen LogP contribution in [0.25, 0.3) is 0 Å². The van der Waals surface area contributed by atoms with E-state index in [-0.39, 0.29) is 35.1 Å². The number of amides is 3. The molecule has 5 rings (SSSR count). The number of carbonyl (C=O) groups excluding carboxylic acids is 3. The number of nitrogens with one attached hydrogen (secondary N) is 2. The highest BCUT2D eigenvalue weighted by Gasteiger charge is 2.35. The normalized spacial score (nSPS) is 15.9. The van der Waals surface area contributed by atoms with Gasteiger partial charge in [0.15, 0.2) is 0 Å². The van der Waals surface area contributed by atoms with Crippen molar-refractivity contribution in [3.8, 4) is 0 Å². The molecule has 1 saturated carbocycles. The van der Waals surface area contributed by atoms with Gasteiger partial charge in [-0.2, -0.15) is 5.10 Å². The monoisotopic (exact) mass is 601 g/mol. The van der Waals surface area contributed by atoms with Crippen LogP contribution in [0.15, 0.2) is 48.8 Å².